The zero-order valence-electron chi connectivity index (χ0n) is 15.2. The number of benzene rings is 1. The first-order valence-electron chi connectivity index (χ1n) is 7.35. The summed E-state index contributed by atoms with van der Waals surface area (Å²) in [6, 6.07) is 5.58. The Labute approximate surface area is 170 Å². The first kappa shape index (κ1) is 26.4. The largest absolute Gasteiger partial charge is 0.370 e. The highest BCUT2D eigenvalue weighted by Crippen LogP contribution is 2.19. The van der Waals surface area contributed by atoms with E-state index in [1.165, 1.54) is 0 Å². The number of hydrogen-bond acceptors (Lipinski definition) is 2. The fourth-order valence-electron chi connectivity index (χ4n) is 1.95. The summed E-state index contributed by atoms with van der Waals surface area (Å²) in [6.45, 7) is 5.11. The van der Waals surface area contributed by atoms with Crippen LogP contribution in [-0.4, -0.2) is 23.7 Å². The van der Waals surface area contributed by atoms with Gasteiger partial charge in [-0.05, 0) is 44.1 Å². The van der Waals surface area contributed by atoms with Gasteiger partial charge in [0.05, 0.1) is 0 Å². The van der Waals surface area contributed by atoms with Crippen molar-refractivity contribution in [1.82, 2.24) is 0 Å². The summed E-state index contributed by atoms with van der Waals surface area (Å²) in [4.78, 5) is 30.7. The lowest BCUT2D eigenvalue weighted by Crippen LogP contribution is -2.24. The van der Waals surface area contributed by atoms with Crippen LogP contribution >= 0.6 is 24.8 Å². The Hall–Kier alpha value is -2.84. The number of nitrogens with zero attached hydrogens (tertiary/aromatic N) is 2. The summed E-state index contributed by atoms with van der Waals surface area (Å²) in [5, 5.41) is 0. The van der Waals surface area contributed by atoms with Crippen molar-refractivity contribution in [1.29, 1.82) is 0 Å². The number of aryl methyl sites for hydroxylation is 1. The summed E-state index contributed by atoms with van der Waals surface area (Å²) in [5.41, 5.74) is 24.0. The lowest BCUT2D eigenvalue weighted by atomic mass is 10.00. The Bertz CT molecular complexity index is 821. The van der Waals surface area contributed by atoms with Crippen LogP contribution in [0.1, 0.15) is 30.5 Å². The molecule has 148 valence electrons. The molecule has 0 bridgehead atoms. The van der Waals surface area contributed by atoms with E-state index in [2.05, 4.69) is 9.98 Å². The maximum Gasteiger partial charge on any atom is 0.275 e. The fourth-order valence-corrected chi connectivity index (χ4v) is 1.95. The number of hydrogen-bond donors (Lipinski definition) is 4. The van der Waals surface area contributed by atoms with Gasteiger partial charge in [0.1, 0.15) is 0 Å². The van der Waals surface area contributed by atoms with Crippen LogP contribution in [0.4, 0.5) is 0 Å². The van der Waals surface area contributed by atoms with E-state index in [9.17, 15) is 9.59 Å². The van der Waals surface area contributed by atoms with Gasteiger partial charge in [-0.15, -0.1) is 24.8 Å². The van der Waals surface area contributed by atoms with Crippen LogP contribution in [0.25, 0.3) is 12.2 Å². The Balaban J connectivity index is 0. The van der Waals surface area contributed by atoms with Gasteiger partial charge in [0.15, 0.2) is 11.9 Å². The lowest BCUT2D eigenvalue weighted by Gasteiger charge is -2.06. The number of aliphatic imine (C=N–C) groups is 2. The maximum atomic E-state index is 11.9. The lowest BCUT2D eigenvalue weighted by molar-refractivity contribution is -0.115. The number of guanidine groups is 2. The van der Waals surface area contributed by atoms with Crippen LogP contribution in [0.2, 0.25) is 0 Å². The zero-order valence-corrected chi connectivity index (χ0v) is 16.9. The SMILES string of the molecule is C/C(=C\c1ccc(C)cc1/C=C(\C)C(=O)N=C(N)N)C(=O)N=C(N)N.Cl.Cl. The van der Waals surface area contributed by atoms with Gasteiger partial charge >= 0.3 is 0 Å². The predicted octanol–water partition coefficient (Wildman–Crippen LogP) is 1.25. The van der Waals surface area contributed by atoms with Gasteiger partial charge in [-0.1, -0.05) is 23.8 Å². The molecule has 0 aliphatic rings. The molecule has 27 heavy (non-hydrogen) atoms. The molecule has 1 aromatic rings. The molecule has 2 amide bonds. The molecule has 1 aromatic carbocycles. The van der Waals surface area contributed by atoms with Gasteiger partial charge in [0.25, 0.3) is 11.8 Å². The van der Waals surface area contributed by atoms with E-state index in [1.54, 1.807) is 26.0 Å². The molecule has 0 heterocycles. The van der Waals surface area contributed by atoms with Gasteiger partial charge in [0.2, 0.25) is 0 Å². The zero-order chi connectivity index (χ0) is 19.1. The average Bonchev–Trinajstić information content (AvgIpc) is 2.48. The second-order valence-corrected chi connectivity index (χ2v) is 5.47. The molecule has 0 spiro atoms. The minimum Gasteiger partial charge on any atom is -0.370 e. The molecule has 0 atom stereocenters. The number of halogens is 2. The van der Waals surface area contributed by atoms with E-state index < -0.39 is 11.8 Å². The number of amides is 2. The highest BCUT2D eigenvalue weighted by molar-refractivity contribution is 6.05. The summed E-state index contributed by atoms with van der Waals surface area (Å²) in [6.07, 6.45) is 3.28. The summed E-state index contributed by atoms with van der Waals surface area (Å²) < 4.78 is 0. The standard InChI is InChI=1S/C17H22N6O2.2ClH/c1-9-4-5-12(7-10(2)14(24)22-16(18)19)13(6-9)8-11(3)15(25)23-17(20)21;;/h4-8H,1-3H3,(H4,18,19,22,24)(H4,20,21,23,25);2*1H/b10-7+,11-8+;;. The topological polar surface area (TPSA) is 163 Å². The highest BCUT2D eigenvalue weighted by Gasteiger charge is 2.08. The highest BCUT2D eigenvalue weighted by atomic mass is 35.5. The number of rotatable bonds is 4. The molecule has 0 radical (unpaired) electrons. The smallest absolute Gasteiger partial charge is 0.275 e. The molecule has 0 unspecified atom stereocenters. The van der Waals surface area contributed by atoms with Crippen molar-refractivity contribution in [3.05, 3.63) is 46.0 Å². The Kier molecular flexibility index (Phi) is 11.4. The number of carbonyl (C=O) groups is 2. The minimum absolute atomic E-state index is 0. The number of carbonyl (C=O) groups excluding carboxylic acids is 2. The van der Waals surface area contributed by atoms with Crippen molar-refractivity contribution in [2.45, 2.75) is 20.8 Å². The number of nitrogens with two attached hydrogens (primary N) is 4. The van der Waals surface area contributed by atoms with Gasteiger partial charge in [0, 0.05) is 11.1 Å². The van der Waals surface area contributed by atoms with E-state index in [-0.39, 0.29) is 36.7 Å². The fraction of sp³-hybridized carbons (Fsp3) is 0.176. The molecular weight excluding hydrogens is 391 g/mol. The first-order chi connectivity index (χ1) is 11.6. The van der Waals surface area contributed by atoms with Crippen molar-refractivity contribution in [2.75, 3.05) is 0 Å². The first-order valence-corrected chi connectivity index (χ1v) is 7.35. The third-order valence-corrected chi connectivity index (χ3v) is 3.12. The molecular formula is C17H24Cl2N6O2. The van der Waals surface area contributed by atoms with Gasteiger partial charge < -0.3 is 22.9 Å². The molecule has 0 saturated carbocycles. The van der Waals surface area contributed by atoms with E-state index in [4.69, 9.17) is 22.9 Å². The quantitative estimate of drug-likeness (QED) is 0.328. The maximum absolute atomic E-state index is 11.9. The Morgan fingerprint density at radius 3 is 1.63 bits per heavy atom. The third kappa shape index (κ3) is 8.89. The van der Waals surface area contributed by atoms with Gasteiger partial charge in [-0.2, -0.15) is 9.98 Å². The molecule has 8 nitrogen and oxygen atoms in total. The minimum atomic E-state index is -0.538. The molecule has 8 N–H and O–H groups in total. The van der Waals surface area contributed by atoms with Crippen molar-refractivity contribution >= 4 is 60.7 Å². The summed E-state index contributed by atoms with van der Waals surface area (Å²) in [5.74, 6) is -1.69. The van der Waals surface area contributed by atoms with E-state index >= 15 is 0 Å². The molecule has 0 aliphatic carbocycles. The Morgan fingerprint density at radius 2 is 1.22 bits per heavy atom. The molecule has 0 aromatic heterocycles. The van der Waals surface area contributed by atoms with Crippen molar-refractivity contribution < 1.29 is 9.59 Å². The van der Waals surface area contributed by atoms with Gasteiger partial charge in [-0.3, -0.25) is 9.59 Å². The predicted molar refractivity (Wildman–Crippen MR) is 115 cm³/mol. The third-order valence-electron chi connectivity index (χ3n) is 3.12. The Morgan fingerprint density at radius 1 is 0.815 bits per heavy atom. The molecule has 1 rings (SSSR count). The van der Waals surface area contributed by atoms with Crippen LogP contribution in [0.15, 0.2) is 39.3 Å². The molecule has 0 aliphatic heterocycles. The van der Waals surface area contributed by atoms with Crippen LogP contribution in [0.5, 0.6) is 0 Å². The molecule has 0 fully saturated rings. The summed E-state index contributed by atoms with van der Waals surface area (Å²) >= 11 is 0. The van der Waals surface area contributed by atoms with Crippen LogP contribution < -0.4 is 22.9 Å². The monoisotopic (exact) mass is 414 g/mol. The van der Waals surface area contributed by atoms with Crippen LogP contribution in [0, 0.1) is 6.92 Å². The van der Waals surface area contributed by atoms with Crippen molar-refractivity contribution in [2.24, 2.45) is 32.9 Å². The average molecular weight is 415 g/mol. The van der Waals surface area contributed by atoms with Crippen molar-refractivity contribution in [3.8, 4) is 0 Å². The summed E-state index contributed by atoms with van der Waals surface area (Å²) in [7, 11) is 0. The van der Waals surface area contributed by atoms with E-state index in [1.807, 2.05) is 25.1 Å². The second-order valence-electron chi connectivity index (χ2n) is 5.47. The van der Waals surface area contributed by atoms with E-state index in [0.29, 0.717) is 11.1 Å². The van der Waals surface area contributed by atoms with Crippen molar-refractivity contribution in [3.63, 3.8) is 0 Å². The van der Waals surface area contributed by atoms with Crippen LogP contribution in [0.3, 0.4) is 0 Å². The van der Waals surface area contributed by atoms with Gasteiger partial charge in [-0.25, -0.2) is 0 Å². The molecule has 10 heteroatoms. The van der Waals surface area contributed by atoms with E-state index in [0.717, 1.165) is 16.7 Å². The van der Waals surface area contributed by atoms with Crippen LogP contribution in [-0.2, 0) is 9.59 Å². The second kappa shape index (κ2) is 11.7. The molecule has 0 saturated heterocycles. The normalized spacial score (nSPS) is 10.8.